The number of carbonyl (C=O) groups is 4. The third-order valence-electron chi connectivity index (χ3n) is 3.08. The van der Waals surface area contributed by atoms with E-state index in [4.69, 9.17) is 23.1 Å². The summed E-state index contributed by atoms with van der Waals surface area (Å²) >= 11 is 2.65. The van der Waals surface area contributed by atoms with Crippen LogP contribution in [-0.4, -0.2) is 59.5 Å². The molecule has 12 heteroatoms. The van der Waals surface area contributed by atoms with Crippen molar-refractivity contribution in [2.75, 3.05) is 6.61 Å². The average molecular weight is 522 g/mol. The Morgan fingerprint density at radius 2 is 1.50 bits per heavy atom. The molecule has 1 aliphatic heterocycles. The lowest BCUT2D eigenvalue weighted by Gasteiger charge is -2.43. The number of carbonyl (C=O) groups excluding carboxylic acids is 4. The molecule has 0 aromatic heterocycles. The Bertz CT molecular complexity index is 545. The fourth-order valence-corrected chi connectivity index (χ4v) is 4.18. The molecule has 5 unspecified atom stereocenters. The topological polar surface area (TPSA) is 114 Å². The first-order valence-corrected chi connectivity index (χ1v) is 11.6. The van der Waals surface area contributed by atoms with Crippen LogP contribution >= 0.6 is 42.2 Å². The molecule has 0 saturated carbocycles. The Morgan fingerprint density at radius 3 is 1.96 bits per heavy atom. The largest absolute Gasteiger partial charge is 0.463 e. The normalized spacial score (nSPS) is 28.1. The zero-order valence-electron chi connectivity index (χ0n) is 14.5. The number of rotatable bonds is 7. The van der Waals surface area contributed by atoms with E-state index in [-0.39, 0.29) is 11.7 Å². The first-order chi connectivity index (χ1) is 12.1. The molecular weight excluding hydrogens is 503 g/mol. The van der Waals surface area contributed by atoms with Crippen LogP contribution in [0.1, 0.15) is 27.7 Å². The van der Waals surface area contributed by atoms with Gasteiger partial charge in [0.05, 0.1) is 9.21 Å². The molecule has 1 fully saturated rings. The van der Waals surface area contributed by atoms with Crippen molar-refractivity contribution in [2.45, 2.75) is 57.5 Å². The molecule has 1 rings (SSSR count). The highest BCUT2D eigenvalue weighted by Crippen LogP contribution is 2.36. The molecule has 0 amide bonds. The molecule has 26 heavy (non-hydrogen) atoms. The van der Waals surface area contributed by atoms with Crippen LogP contribution in [0.25, 0.3) is 0 Å². The van der Waals surface area contributed by atoms with Gasteiger partial charge in [-0.2, -0.15) is 0 Å². The lowest BCUT2D eigenvalue weighted by molar-refractivity contribution is -0.223. The van der Waals surface area contributed by atoms with Crippen molar-refractivity contribution in [1.82, 2.24) is 0 Å². The maximum Gasteiger partial charge on any atom is 0.303 e. The fraction of sp³-hybridized carbons (Fsp3) is 0.714. The minimum atomic E-state index is -1.08. The second-order valence-corrected chi connectivity index (χ2v) is 7.90. The Hall–Kier alpha value is -0.570. The van der Waals surface area contributed by atoms with Crippen LogP contribution in [0.5, 0.6) is 0 Å². The third-order valence-corrected chi connectivity index (χ3v) is 4.94. The number of thioether (sulfide) groups is 1. The highest BCUT2D eigenvalue weighted by molar-refractivity contribution is 14.2. The van der Waals surface area contributed by atoms with Gasteiger partial charge >= 0.3 is 17.9 Å². The molecular formula is C14H19IO9S2. The standard InChI is InChI=1S/C14H19IO9S2/c1-6(16)20-5-10-11(24-26-15)12(21-7(2)17)13(22-8(3)18)14(23-10)25-9(4)19/h10-14H,5H2,1-4H3. The van der Waals surface area contributed by atoms with E-state index in [1.54, 1.807) is 0 Å². The van der Waals surface area contributed by atoms with E-state index in [0.717, 1.165) is 21.0 Å². The molecule has 0 aromatic rings. The van der Waals surface area contributed by atoms with Crippen LogP contribution in [-0.2, 0) is 42.3 Å². The molecule has 0 N–H and O–H groups in total. The molecule has 148 valence electrons. The van der Waals surface area contributed by atoms with Crippen LogP contribution in [0.15, 0.2) is 0 Å². The molecule has 1 saturated heterocycles. The number of ether oxygens (including phenoxy) is 4. The lowest BCUT2D eigenvalue weighted by Crippen LogP contribution is -2.60. The van der Waals surface area contributed by atoms with Gasteiger partial charge in [-0.3, -0.25) is 23.4 Å². The molecule has 0 spiro atoms. The lowest BCUT2D eigenvalue weighted by atomic mass is 9.99. The Labute approximate surface area is 171 Å². The summed E-state index contributed by atoms with van der Waals surface area (Å²) in [5.41, 5.74) is -0.958. The Balaban J connectivity index is 3.21. The van der Waals surface area contributed by atoms with Crippen LogP contribution in [0.2, 0.25) is 0 Å². The van der Waals surface area contributed by atoms with E-state index in [1.165, 1.54) is 27.7 Å². The first kappa shape index (κ1) is 23.5. The van der Waals surface area contributed by atoms with Crippen molar-refractivity contribution >= 4 is 65.2 Å². The fourth-order valence-electron chi connectivity index (χ4n) is 2.27. The summed E-state index contributed by atoms with van der Waals surface area (Å²) in [6, 6.07) is 0. The van der Waals surface area contributed by atoms with Gasteiger partial charge in [0.15, 0.2) is 22.8 Å². The zero-order valence-corrected chi connectivity index (χ0v) is 18.3. The molecule has 0 aromatic carbocycles. The van der Waals surface area contributed by atoms with Crippen molar-refractivity contribution in [3.05, 3.63) is 0 Å². The second kappa shape index (κ2) is 11.3. The minimum absolute atomic E-state index is 0.184. The van der Waals surface area contributed by atoms with Crippen LogP contribution in [0.3, 0.4) is 0 Å². The van der Waals surface area contributed by atoms with Gasteiger partial charge in [0.25, 0.3) is 0 Å². The maximum absolute atomic E-state index is 11.6. The summed E-state index contributed by atoms with van der Waals surface area (Å²) in [5.74, 6) is -1.79. The molecule has 1 heterocycles. The van der Waals surface area contributed by atoms with Gasteiger partial charge in [-0.1, -0.05) is 11.8 Å². The van der Waals surface area contributed by atoms with E-state index in [0.29, 0.717) is 0 Å². The quantitative estimate of drug-likeness (QED) is 0.211. The highest BCUT2D eigenvalue weighted by atomic mass is 127. The highest BCUT2D eigenvalue weighted by Gasteiger charge is 2.52. The van der Waals surface area contributed by atoms with E-state index >= 15 is 0 Å². The molecule has 0 bridgehead atoms. The van der Waals surface area contributed by atoms with Crippen molar-refractivity contribution < 1.29 is 42.3 Å². The van der Waals surface area contributed by atoms with Gasteiger partial charge in [0.2, 0.25) is 0 Å². The van der Waals surface area contributed by atoms with Gasteiger partial charge in [0.1, 0.15) is 18.8 Å². The van der Waals surface area contributed by atoms with Crippen LogP contribution in [0, 0.1) is 0 Å². The average Bonchev–Trinajstić information content (AvgIpc) is 2.50. The first-order valence-electron chi connectivity index (χ1n) is 7.40. The Kier molecular flexibility index (Phi) is 10.2. The van der Waals surface area contributed by atoms with Gasteiger partial charge in [-0.25, -0.2) is 0 Å². The molecule has 1 aliphatic rings. The van der Waals surface area contributed by atoms with E-state index in [9.17, 15) is 19.2 Å². The van der Waals surface area contributed by atoms with Gasteiger partial charge in [-0.15, -0.1) is 0 Å². The van der Waals surface area contributed by atoms with Gasteiger partial charge in [0, 0.05) is 48.9 Å². The van der Waals surface area contributed by atoms with Gasteiger partial charge in [-0.05, 0) is 0 Å². The van der Waals surface area contributed by atoms with Crippen molar-refractivity contribution in [3.63, 3.8) is 0 Å². The zero-order chi connectivity index (χ0) is 19.9. The summed E-state index contributed by atoms with van der Waals surface area (Å²) in [5, 5.41) is -0.289. The summed E-state index contributed by atoms with van der Waals surface area (Å²) < 4.78 is 26.9. The monoisotopic (exact) mass is 522 g/mol. The minimum Gasteiger partial charge on any atom is -0.463 e. The smallest absolute Gasteiger partial charge is 0.303 e. The van der Waals surface area contributed by atoms with Crippen molar-refractivity contribution in [1.29, 1.82) is 0 Å². The summed E-state index contributed by atoms with van der Waals surface area (Å²) in [4.78, 5) is 45.8. The Morgan fingerprint density at radius 1 is 0.923 bits per heavy atom. The molecule has 0 aliphatic carbocycles. The number of hydrogen-bond acceptors (Lipinski definition) is 11. The number of halogens is 1. The SMILES string of the molecule is CC(=O)OCC1OC(SC(C)=O)C(OC(C)=O)C(OC(C)=O)C1OSI. The predicted molar refractivity (Wildman–Crippen MR) is 101 cm³/mol. The number of hydrogen-bond donors (Lipinski definition) is 0. The summed E-state index contributed by atoms with van der Waals surface area (Å²) in [6.45, 7) is 4.76. The van der Waals surface area contributed by atoms with Crippen molar-refractivity contribution in [2.24, 2.45) is 0 Å². The molecule has 0 radical (unpaired) electrons. The maximum atomic E-state index is 11.6. The van der Waals surface area contributed by atoms with E-state index in [1.807, 2.05) is 21.2 Å². The molecule has 9 nitrogen and oxygen atoms in total. The second-order valence-electron chi connectivity index (χ2n) is 5.23. The van der Waals surface area contributed by atoms with Crippen LogP contribution < -0.4 is 0 Å². The van der Waals surface area contributed by atoms with Crippen LogP contribution in [0.4, 0.5) is 0 Å². The molecule has 5 atom stereocenters. The third kappa shape index (κ3) is 7.58. The predicted octanol–water partition coefficient (Wildman–Crippen LogP) is 1.80. The summed E-state index contributed by atoms with van der Waals surface area (Å²) in [7, 11) is 0.957. The number of esters is 3. The van der Waals surface area contributed by atoms with E-state index in [2.05, 4.69) is 0 Å². The van der Waals surface area contributed by atoms with Gasteiger partial charge < -0.3 is 18.9 Å². The van der Waals surface area contributed by atoms with E-state index < -0.39 is 47.8 Å². The van der Waals surface area contributed by atoms with Crippen molar-refractivity contribution in [3.8, 4) is 0 Å². The summed E-state index contributed by atoms with van der Waals surface area (Å²) in [6.07, 6.45) is -3.86.